The third kappa shape index (κ3) is 10.2. The van der Waals surface area contributed by atoms with Gasteiger partial charge in [-0.2, -0.15) is 0 Å². The van der Waals surface area contributed by atoms with Gasteiger partial charge in [0.15, 0.2) is 0 Å². The molecule has 190 valence electrons. The van der Waals surface area contributed by atoms with Gasteiger partial charge in [-0.15, -0.1) is 11.6 Å². The molecule has 3 aromatic rings. The number of hydrogen-bond acceptors (Lipinski definition) is 7. The summed E-state index contributed by atoms with van der Waals surface area (Å²) in [5.41, 5.74) is 4.37. The first-order chi connectivity index (χ1) is 17.9. The summed E-state index contributed by atoms with van der Waals surface area (Å²) in [6.07, 6.45) is 0. The average molecular weight is 700 g/mol. The molecule has 1 aromatic heterocycles. The number of halogens is 3. The zero-order valence-electron chi connectivity index (χ0n) is 19.7. The van der Waals surface area contributed by atoms with Gasteiger partial charge < -0.3 is 5.32 Å². The van der Waals surface area contributed by atoms with E-state index in [9.17, 15) is 0 Å². The number of nitrogens with zero attached hydrogens (tertiary/aromatic N) is 5. The first-order valence-corrected chi connectivity index (χ1v) is 16.8. The summed E-state index contributed by atoms with van der Waals surface area (Å²) in [5.74, 6) is 0. The van der Waals surface area contributed by atoms with Gasteiger partial charge in [-0.3, -0.25) is 0 Å². The molecule has 3 rings (SSSR count). The van der Waals surface area contributed by atoms with E-state index in [0.717, 1.165) is 11.4 Å². The number of rotatable bonds is 7. The summed E-state index contributed by atoms with van der Waals surface area (Å²) in [5, 5.41) is 26.7. The maximum absolute atomic E-state index is 5.96. The second-order valence-corrected chi connectivity index (χ2v) is 11.8. The van der Waals surface area contributed by atoms with Crippen LogP contribution in [0, 0.1) is 0 Å². The summed E-state index contributed by atoms with van der Waals surface area (Å²) >= 11 is 20.7. The number of thioether (sulfide) groups is 1. The average Bonchev–Trinajstić information content (AvgIpc) is 2.91. The number of alkyl halides is 1. The molecule has 0 amide bonds. The zero-order valence-corrected chi connectivity index (χ0v) is 26.1. The van der Waals surface area contributed by atoms with E-state index in [1.54, 1.807) is 12.1 Å². The van der Waals surface area contributed by atoms with Crippen LogP contribution in [0.3, 0.4) is 0 Å². The molecule has 0 atom stereocenters. The number of aromatic nitrogens is 1. The van der Waals surface area contributed by atoms with Crippen LogP contribution >= 0.6 is 55.4 Å². The van der Waals surface area contributed by atoms with E-state index in [0.29, 0.717) is 48.4 Å². The van der Waals surface area contributed by atoms with Crippen molar-refractivity contribution >= 4 is 110 Å². The van der Waals surface area contributed by atoms with Crippen LogP contribution in [0.25, 0.3) is 0 Å². The second kappa shape index (κ2) is 15.6. The predicted molar refractivity (Wildman–Crippen MR) is 165 cm³/mol. The number of hydrogen-bond donors (Lipinski definition) is 2. The molecule has 37 heavy (non-hydrogen) atoms. The van der Waals surface area contributed by atoms with Crippen molar-refractivity contribution in [2.75, 3.05) is 15.8 Å². The van der Waals surface area contributed by atoms with Crippen molar-refractivity contribution in [1.29, 1.82) is 0 Å². The van der Waals surface area contributed by atoms with Gasteiger partial charge in [0.1, 0.15) is 0 Å². The summed E-state index contributed by atoms with van der Waals surface area (Å²) in [7, 11) is 1.50. The van der Waals surface area contributed by atoms with E-state index in [4.69, 9.17) is 34.8 Å². The van der Waals surface area contributed by atoms with E-state index in [1.165, 1.54) is 42.2 Å². The molecular weight excluding hydrogens is 679 g/mol. The second-order valence-electron chi connectivity index (χ2n) is 7.20. The van der Waals surface area contributed by atoms with Crippen molar-refractivity contribution in [3.05, 3.63) is 88.2 Å². The number of benzene rings is 2. The third-order valence-corrected chi connectivity index (χ3v) is 7.78. The molecule has 2 radical (unpaired) electrons. The molecule has 2 aromatic carbocycles. The van der Waals surface area contributed by atoms with E-state index in [2.05, 4.69) is 36.0 Å². The first-order valence-electron chi connectivity index (χ1n) is 10.7. The van der Waals surface area contributed by atoms with Crippen molar-refractivity contribution in [3.63, 3.8) is 0 Å². The van der Waals surface area contributed by atoms with Crippen LogP contribution in [0.5, 0.6) is 0 Å². The minimum atomic E-state index is 0.323. The summed E-state index contributed by atoms with van der Waals surface area (Å²) in [4.78, 5) is 4.68. The van der Waals surface area contributed by atoms with Crippen LogP contribution in [-0.2, 0) is 0 Å². The molecular formula is C24H21Cl3N7S2Sb. The fraction of sp³-hybridized carbons (Fsp3) is 0.125. The normalized spacial score (nSPS) is 13.0. The molecule has 1 heterocycles. The van der Waals surface area contributed by atoms with Crippen molar-refractivity contribution in [2.45, 2.75) is 13.8 Å². The minimum absolute atomic E-state index is 0.323. The molecule has 0 aliphatic carbocycles. The Labute approximate surface area is 251 Å². The van der Waals surface area contributed by atoms with Gasteiger partial charge in [0, 0.05) is 10.7 Å². The molecule has 2 N–H and O–H groups in total. The maximum atomic E-state index is 5.96. The van der Waals surface area contributed by atoms with E-state index in [-0.39, 0.29) is 0 Å². The number of nitrogens with one attached hydrogen (secondary N) is 2. The van der Waals surface area contributed by atoms with Crippen LogP contribution in [0.1, 0.15) is 25.2 Å². The van der Waals surface area contributed by atoms with Gasteiger partial charge in [0.05, 0.1) is 5.21 Å². The van der Waals surface area contributed by atoms with Crippen LogP contribution < -0.4 is 10.6 Å². The molecule has 7 nitrogen and oxygen atoms in total. The summed E-state index contributed by atoms with van der Waals surface area (Å²) in [6, 6.07) is 20.3. The van der Waals surface area contributed by atoms with E-state index < -0.39 is 0 Å². The Kier molecular flexibility index (Phi) is 12.6. The third-order valence-electron chi connectivity index (χ3n) is 4.54. The van der Waals surface area contributed by atoms with Gasteiger partial charge in [-0.1, -0.05) is 23.4 Å². The molecule has 0 bridgehead atoms. The van der Waals surface area contributed by atoms with Crippen LogP contribution in [-0.4, -0.2) is 53.6 Å². The Bertz CT molecular complexity index is 1310. The van der Waals surface area contributed by atoms with Gasteiger partial charge in [0.2, 0.25) is 0 Å². The standard InChI is InChI=1S/C24H22Cl3N7S2.Sb/c1-15(31-33-23(35)28-19-10-6-17(26)7-11-19)21-4-3-5-22(30-21)16(2)32-34-24(36-14-25)29-20-12-8-18(27)9-13-20;/h3-13H,14H2,1-2H3,(H,29,34)(H2,28,33,35);/q;+1/p-1/b31-15+,32-16+;. The first kappa shape index (κ1) is 29.8. The molecule has 0 aliphatic rings. The van der Waals surface area contributed by atoms with Gasteiger partial charge in [-0.05, 0) is 24.3 Å². The van der Waals surface area contributed by atoms with Crippen molar-refractivity contribution in [3.8, 4) is 0 Å². The van der Waals surface area contributed by atoms with Crippen molar-refractivity contribution in [2.24, 2.45) is 20.4 Å². The predicted octanol–water partition coefficient (Wildman–Crippen LogP) is 7.52. The molecule has 0 spiro atoms. The van der Waals surface area contributed by atoms with Gasteiger partial charge in [0.25, 0.3) is 0 Å². The SMILES string of the molecule is C/C(=N\N=C(\Nc1ccc(Cl)cc1)[S][Sb])c1cccc(/C(C)=N/N=C(/Nc2ccc(Cl)cc2)SCCl)n1. The Morgan fingerprint density at radius 1 is 0.757 bits per heavy atom. The van der Waals surface area contributed by atoms with Gasteiger partial charge >= 0.3 is 173 Å². The quantitative estimate of drug-likeness (QED) is 0.0877. The fourth-order valence-corrected chi connectivity index (χ4v) is 4.60. The summed E-state index contributed by atoms with van der Waals surface area (Å²) in [6.45, 7) is 3.70. The Hall–Kier alpha value is -1.74. The topological polar surface area (TPSA) is 86.4 Å². The van der Waals surface area contributed by atoms with Crippen LogP contribution in [0.15, 0.2) is 87.1 Å². The zero-order chi connectivity index (χ0) is 26.6. The van der Waals surface area contributed by atoms with Gasteiger partial charge in [-0.25, -0.2) is 0 Å². The monoisotopic (exact) mass is 697 g/mol. The summed E-state index contributed by atoms with van der Waals surface area (Å²) < 4.78 is 0. The fourth-order valence-electron chi connectivity index (χ4n) is 2.70. The van der Waals surface area contributed by atoms with Crippen LogP contribution in [0.2, 0.25) is 10.0 Å². The van der Waals surface area contributed by atoms with E-state index in [1.807, 2.05) is 68.4 Å². The van der Waals surface area contributed by atoms with Crippen molar-refractivity contribution in [1.82, 2.24) is 4.98 Å². The number of amidine groups is 2. The molecule has 13 heteroatoms. The Morgan fingerprint density at radius 2 is 1.22 bits per heavy atom. The molecule has 0 saturated heterocycles. The Balaban J connectivity index is 1.75. The van der Waals surface area contributed by atoms with Crippen LogP contribution in [0.4, 0.5) is 11.4 Å². The molecule has 0 unspecified atom stereocenters. The Morgan fingerprint density at radius 3 is 1.68 bits per heavy atom. The molecule has 0 aliphatic heterocycles. The number of pyridine rings is 1. The van der Waals surface area contributed by atoms with Crippen molar-refractivity contribution < 1.29 is 0 Å². The molecule has 0 fully saturated rings. The number of anilines is 2. The van der Waals surface area contributed by atoms with E-state index >= 15 is 0 Å². The molecule has 0 saturated carbocycles.